The molecule has 0 radical (unpaired) electrons. The number of hydrogen-bond donors (Lipinski definition) is 1. The van der Waals surface area contributed by atoms with Crippen molar-refractivity contribution < 1.29 is 4.79 Å². The Morgan fingerprint density at radius 1 is 1.37 bits per heavy atom. The van der Waals surface area contributed by atoms with Crippen LogP contribution in [0.4, 0.5) is 5.69 Å². The van der Waals surface area contributed by atoms with Crippen molar-refractivity contribution in [3.8, 4) is 0 Å². The van der Waals surface area contributed by atoms with E-state index in [1.165, 1.54) is 6.42 Å². The quantitative estimate of drug-likeness (QED) is 0.924. The fourth-order valence-corrected chi connectivity index (χ4v) is 3.29. The molecule has 4 heteroatoms. The van der Waals surface area contributed by atoms with Crippen LogP contribution in [0.2, 0.25) is 0 Å². The maximum atomic E-state index is 12.0. The second-order valence-corrected chi connectivity index (χ2v) is 6.61. The fourth-order valence-electron chi connectivity index (χ4n) is 2.89. The van der Waals surface area contributed by atoms with Crippen molar-refractivity contribution in [3.05, 3.63) is 28.7 Å². The number of piperidine rings is 1. The van der Waals surface area contributed by atoms with E-state index in [1.54, 1.807) is 0 Å². The summed E-state index contributed by atoms with van der Waals surface area (Å²) in [7, 11) is 0. The van der Waals surface area contributed by atoms with Crippen LogP contribution in [0.15, 0.2) is 28.7 Å². The summed E-state index contributed by atoms with van der Waals surface area (Å²) in [6.07, 6.45) is 1.27. The van der Waals surface area contributed by atoms with Crippen LogP contribution in [0.3, 0.4) is 0 Å². The molecule has 3 nitrogen and oxygen atoms in total. The van der Waals surface area contributed by atoms with E-state index in [-0.39, 0.29) is 5.91 Å². The van der Waals surface area contributed by atoms with Crippen LogP contribution in [0.25, 0.3) is 0 Å². The number of benzene rings is 1. The molecule has 2 atom stereocenters. The molecule has 0 unspecified atom stereocenters. The first-order chi connectivity index (χ1) is 9.02. The van der Waals surface area contributed by atoms with Crippen LogP contribution < -0.4 is 5.32 Å². The molecule has 1 amide bonds. The molecule has 1 saturated heterocycles. The second-order valence-electron chi connectivity index (χ2n) is 5.70. The zero-order valence-electron chi connectivity index (χ0n) is 11.5. The second kappa shape index (κ2) is 6.53. The Bertz CT molecular complexity index is 440. The van der Waals surface area contributed by atoms with E-state index < -0.39 is 0 Å². The molecule has 0 saturated carbocycles. The molecule has 0 aromatic heterocycles. The van der Waals surface area contributed by atoms with Gasteiger partial charge in [0.2, 0.25) is 5.91 Å². The molecular weight excluding hydrogens is 304 g/mol. The Hall–Kier alpha value is -0.870. The van der Waals surface area contributed by atoms with Gasteiger partial charge in [0.05, 0.1) is 6.54 Å². The Balaban J connectivity index is 1.87. The van der Waals surface area contributed by atoms with Gasteiger partial charge in [-0.2, -0.15) is 0 Å². The summed E-state index contributed by atoms with van der Waals surface area (Å²) >= 11 is 3.40. The van der Waals surface area contributed by atoms with Crippen molar-refractivity contribution in [2.24, 2.45) is 11.8 Å². The van der Waals surface area contributed by atoms with Gasteiger partial charge < -0.3 is 5.32 Å². The van der Waals surface area contributed by atoms with Gasteiger partial charge in [0.15, 0.2) is 0 Å². The van der Waals surface area contributed by atoms with E-state index in [2.05, 4.69) is 40.0 Å². The highest BCUT2D eigenvalue weighted by molar-refractivity contribution is 9.10. The van der Waals surface area contributed by atoms with Gasteiger partial charge in [0.1, 0.15) is 0 Å². The van der Waals surface area contributed by atoms with Crippen molar-refractivity contribution in [3.63, 3.8) is 0 Å². The van der Waals surface area contributed by atoms with Gasteiger partial charge in [-0.25, -0.2) is 0 Å². The Morgan fingerprint density at radius 2 is 2.05 bits per heavy atom. The Morgan fingerprint density at radius 3 is 2.68 bits per heavy atom. The standard InChI is InChI=1S/C15H21BrN2O/c1-11-6-12(2)9-18(8-11)10-15(19)17-14-5-3-4-13(16)7-14/h3-5,7,11-12H,6,8-10H2,1-2H3,(H,17,19)/t11-,12-/m0/s1. The smallest absolute Gasteiger partial charge is 0.238 e. The van der Waals surface area contributed by atoms with Crippen LogP contribution in [0.1, 0.15) is 20.3 Å². The van der Waals surface area contributed by atoms with Crippen LogP contribution in [-0.2, 0) is 4.79 Å². The predicted octanol–water partition coefficient (Wildman–Crippen LogP) is 3.37. The number of nitrogens with zero attached hydrogens (tertiary/aromatic N) is 1. The summed E-state index contributed by atoms with van der Waals surface area (Å²) in [6.45, 7) is 7.05. The lowest BCUT2D eigenvalue weighted by Crippen LogP contribution is -2.42. The normalized spacial score (nSPS) is 24.2. The molecule has 0 spiro atoms. The molecule has 104 valence electrons. The first kappa shape index (κ1) is 14.5. The minimum absolute atomic E-state index is 0.0689. The summed E-state index contributed by atoms with van der Waals surface area (Å²) in [4.78, 5) is 14.3. The average Bonchev–Trinajstić information content (AvgIpc) is 2.26. The lowest BCUT2D eigenvalue weighted by molar-refractivity contribution is -0.117. The largest absolute Gasteiger partial charge is 0.325 e. The third-order valence-electron chi connectivity index (χ3n) is 3.42. The van der Waals surface area contributed by atoms with Crippen LogP contribution in [-0.4, -0.2) is 30.4 Å². The number of carbonyl (C=O) groups excluding carboxylic acids is 1. The third kappa shape index (κ3) is 4.62. The van der Waals surface area contributed by atoms with Gasteiger partial charge in [-0.1, -0.05) is 35.8 Å². The first-order valence-electron chi connectivity index (χ1n) is 6.80. The Labute approximate surface area is 123 Å². The molecule has 1 heterocycles. The van der Waals surface area contributed by atoms with Crippen molar-refractivity contribution in [2.75, 3.05) is 25.0 Å². The van der Waals surface area contributed by atoms with Gasteiger partial charge >= 0.3 is 0 Å². The van der Waals surface area contributed by atoms with Crippen molar-refractivity contribution in [1.29, 1.82) is 0 Å². The number of halogens is 1. The molecule has 1 aliphatic rings. The molecule has 1 N–H and O–H groups in total. The van der Waals surface area contributed by atoms with Gasteiger partial charge in [-0.15, -0.1) is 0 Å². The van der Waals surface area contributed by atoms with Crippen molar-refractivity contribution in [2.45, 2.75) is 20.3 Å². The van der Waals surface area contributed by atoms with Gasteiger partial charge in [-0.3, -0.25) is 9.69 Å². The zero-order valence-corrected chi connectivity index (χ0v) is 13.1. The van der Waals surface area contributed by atoms with E-state index in [9.17, 15) is 4.79 Å². The lowest BCUT2D eigenvalue weighted by atomic mass is 9.92. The van der Waals surface area contributed by atoms with E-state index in [0.29, 0.717) is 18.4 Å². The number of amides is 1. The number of hydrogen-bond acceptors (Lipinski definition) is 2. The van der Waals surface area contributed by atoms with E-state index in [0.717, 1.165) is 23.2 Å². The summed E-state index contributed by atoms with van der Waals surface area (Å²) in [5, 5.41) is 2.95. The topological polar surface area (TPSA) is 32.3 Å². The van der Waals surface area contributed by atoms with Gasteiger partial charge in [0.25, 0.3) is 0 Å². The van der Waals surface area contributed by atoms with E-state index in [4.69, 9.17) is 0 Å². The molecule has 0 bridgehead atoms. The van der Waals surface area contributed by atoms with Crippen LogP contribution in [0.5, 0.6) is 0 Å². The first-order valence-corrected chi connectivity index (χ1v) is 7.60. The monoisotopic (exact) mass is 324 g/mol. The zero-order chi connectivity index (χ0) is 13.8. The number of nitrogens with one attached hydrogen (secondary N) is 1. The van der Waals surface area contributed by atoms with Gasteiger partial charge in [0, 0.05) is 23.2 Å². The molecule has 1 fully saturated rings. The van der Waals surface area contributed by atoms with Crippen LogP contribution >= 0.6 is 15.9 Å². The summed E-state index contributed by atoms with van der Waals surface area (Å²) in [5.41, 5.74) is 0.845. The number of rotatable bonds is 3. The van der Waals surface area contributed by atoms with E-state index in [1.807, 2.05) is 24.3 Å². The van der Waals surface area contributed by atoms with Crippen molar-refractivity contribution in [1.82, 2.24) is 4.90 Å². The molecule has 19 heavy (non-hydrogen) atoms. The van der Waals surface area contributed by atoms with Crippen molar-refractivity contribution >= 4 is 27.5 Å². The maximum absolute atomic E-state index is 12.0. The highest BCUT2D eigenvalue weighted by Gasteiger charge is 2.23. The molecule has 1 aliphatic heterocycles. The summed E-state index contributed by atoms with van der Waals surface area (Å²) in [6, 6.07) is 7.69. The van der Waals surface area contributed by atoms with E-state index >= 15 is 0 Å². The summed E-state index contributed by atoms with van der Waals surface area (Å²) < 4.78 is 0.977. The third-order valence-corrected chi connectivity index (χ3v) is 3.91. The predicted molar refractivity (Wildman–Crippen MR) is 82.2 cm³/mol. The van der Waals surface area contributed by atoms with Crippen LogP contribution in [0, 0.1) is 11.8 Å². The maximum Gasteiger partial charge on any atom is 0.238 e. The lowest BCUT2D eigenvalue weighted by Gasteiger charge is -2.34. The highest BCUT2D eigenvalue weighted by atomic mass is 79.9. The highest BCUT2D eigenvalue weighted by Crippen LogP contribution is 2.21. The fraction of sp³-hybridized carbons (Fsp3) is 0.533. The molecule has 0 aliphatic carbocycles. The number of likely N-dealkylation sites (tertiary alicyclic amines) is 1. The minimum atomic E-state index is 0.0689. The minimum Gasteiger partial charge on any atom is -0.325 e. The SMILES string of the molecule is C[C@H]1C[C@H](C)CN(CC(=O)Nc2cccc(Br)c2)C1. The number of anilines is 1. The molecule has 1 aromatic rings. The number of carbonyl (C=O) groups is 1. The molecule has 1 aromatic carbocycles. The molecular formula is C15H21BrN2O. The average molecular weight is 325 g/mol. The van der Waals surface area contributed by atoms with Gasteiger partial charge in [-0.05, 0) is 36.5 Å². The molecule has 2 rings (SSSR count). The Kier molecular flexibility index (Phi) is 4.99. The summed E-state index contributed by atoms with van der Waals surface area (Å²) in [5.74, 6) is 1.43.